The van der Waals surface area contributed by atoms with Crippen molar-refractivity contribution in [1.82, 2.24) is 9.97 Å². The van der Waals surface area contributed by atoms with Gasteiger partial charge in [0.1, 0.15) is 5.82 Å². The first-order chi connectivity index (χ1) is 10.1. The number of hydrogen-bond acceptors (Lipinski definition) is 5. The summed E-state index contributed by atoms with van der Waals surface area (Å²) in [5.74, 6) is -0.235. The van der Waals surface area contributed by atoms with Gasteiger partial charge in [-0.2, -0.15) is 0 Å². The molecule has 0 saturated heterocycles. The van der Waals surface area contributed by atoms with Crippen LogP contribution in [0.1, 0.15) is 15.6 Å². The Kier molecular flexibility index (Phi) is 3.98. The number of nitrogens with one attached hydrogen (secondary N) is 1. The predicted molar refractivity (Wildman–Crippen MR) is 86.4 cm³/mol. The van der Waals surface area contributed by atoms with Crippen molar-refractivity contribution >= 4 is 27.8 Å². The topological polar surface area (TPSA) is 37.8 Å². The van der Waals surface area contributed by atoms with Crippen LogP contribution in [0.3, 0.4) is 0 Å². The molecule has 3 rings (SSSR count). The summed E-state index contributed by atoms with van der Waals surface area (Å²) in [6, 6.07) is 6.37. The SMILES string of the molecule is Cc1nc(CNc2nc(-c3ccc(F)cc3)cs2)c(C)s1. The zero-order chi connectivity index (χ0) is 14.8. The van der Waals surface area contributed by atoms with Crippen LogP contribution in [-0.2, 0) is 6.54 Å². The van der Waals surface area contributed by atoms with Crippen LogP contribution in [0.2, 0.25) is 0 Å². The minimum Gasteiger partial charge on any atom is -0.356 e. The second-order valence-electron chi connectivity index (χ2n) is 4.63. The summed E-state index contributed by atoms with van der Waals surface area (Å²) in [7, 11) is 0. The summed E-state index contributed by atoms with van der Waals surface area (Å²) in [6.07, 6.45) is 0. The van der Waals surface area contributed by atoms with Gasteiger partial charge in [0.25, 0.3) is 0 Å². The number of aryl methyl sites for hydroxylation is 2. The molecule has 0 fully saturated rings. The van der Waals surface area contributed by atoms with E-state index in [2.05, 4.69) is 22.2 Å². The van der Waals surface area contributed by atoms with E-state index in [1.807, 2.05) is 12.3 Å². The Balaban J connectivity index is 1.70. The molecular formula is C15H14FN3S2. The summed E-state index contributed by atoms with van der Waals surface area (Å²) in [4.78, 5) is 10.2. The lowest BCUT2D eigenvalue weighted by atomic mass is 10.2. The molecule has 0 saturated carbocycles. The van der Waals surface area contributed by atoms with Crippen molar-refractivity contribution in [3.63, 3.8) is 0 Å². The van der Waals surface area contributed by atoms with Gasteiger partial charge in [0.05, 0.1) is 22.9 Å². The molecule has 2 aromatic heterocycles. The molecule has 108 valence electrons. The van der Waals surface area contributed by atoms with Gasteiger partial charge in [0.15, 0.2) is 5.13 Å². The number of thiazole rings is 2. The van der Waals surface area contributed by atoms with Gasteiger partial charge in [-0.15, -0.1) is 22.7 Å². The minimum atomic E-state index is -0.235. The maximum atomic E-state index is 12.9. The number of rotatable bonds is 4. The molecule has 0 spiro atoms. The molecule has 0 aliphatic carbocycles. The fraction of sp³-hybridized carbons (Fsp3) is 0.200. The fourth-order valence-corrected chi connectivity index (χ4v) is 3.56. The van der Waals surface area contributed by atoms with Gasteiger partial charge in [-0.25, -0.2) is 14.4 Å². The Bertz CT molecular complexity index is 747. The summed E-state index contributed by atoms with van der Waals surface area (Å²) in [5, 5.41) is 7.19. The average molecular weight is 319 g/mol. The lowest BCUT2D eigenvalue weighted by Crippen LogP contribution is -2.00. The number of aromatic nitrogens is 2. The van der Waals surface area contributed by atoms with Gasteiger partial charge in [0.2, 0.25) is 0 Å². The maximum absolute atomic E-state index is 12.9. The quantitative estimate of drug-likeness (QED) is 0.761. The summed E-state index contributed by atoms with van der Waals surface area (Å²) >= 11 is 3.24. The third-order valence-corrected chi connectivity index (χ3v) is 4.78. The lowest BCUT2D eigenvalue weighted by Gasteiger charge is -2.00. The van der Waals surface area contributed by atoms with E-state index in [1.165, 1.54) is 17.0 Å². The molecule has 0 aliphatic heterocycles. The van der Waals surface area contributed by atoms with Crippen LogP contribution in [0.15, 0.2) is 29.6 Å². The highest BCUT2D eigenvalue weighted by molar-refractivity contribution is 7.14. The van der Waals surface area contributed by atoms with E-state index >= 15 is 0 Å². The Morgan fingerprint density at radius 2 is 1.90 bits per heavy atom. The van der Waals surface area contributed by atoms with E-state index < -0.39 is 0 Å². The molecular weight excluding hydrogens is 305 g/mol. The summed E-state index contributed by atoms with van der Waals surface area (Å²) in [5.41, 5.74) is 2.84. The number of nitrogens with zero attached hydrogens (tertiary/aromatic N) is 2. The second-order valence-corrected chi connectivity index (χ2v) is 6.90. The van der Waals surface area contributed by atoms with Gasteiger partial charge in [-0.05, 0) is 38.1 Å². The molecule has 0 amide bonds. The third kappa shape index (κ3) is 3.28. The highest BCUT2D eigenvalue weighted by atomic mass is 32.1. The Labute approximate surface area is 130 Å². The molecule has 0 radical (unpaired) electrons. The Hall–Kier alpha value is -1.79. The van der Waals surface area contributed by atoms with E-state index in [9.17, 15) is 4.39 Å². The van der Waals surface area contributed by atoms with Crippen LogP contribution >= 0.6 is 22.7 Å². The first kappa shape index (κ1) is 14.2. The maximum Gasteiger partial charge on any atom is 0.183 e. The molecule has 1 N–H and O–H groups in total. The smallest absolute Gasteiger partial charge is 0.183 e. The van der Waals surface area contributed by atoms with E-state index in [0.717, 1.165) is 27.1 Å². The molecule has 1 aromatic carbocycles. The molecule has 0 atom stereocenters. The van der Waals surface area contributed by atoms with Gasteiger partial charge >= 0.3 is 0 Å². The predicted octanol–water partition coefficient (Wildman–Crippen LogP) is 4.63. The lowest BCUT2D eigenvalue weighted by molar-refractivity contribution is 0.628. The van der Waals surface area contributed by atoms with E-state index in [0.29, 0.717) is 6.54 Å². The summed E-state index contributed by atoms with van der Waals surface area (Å²) < 4.78 is 12.9. The first-order valence-corrected chi connectivity index (χ1v) is 8.19. The standard InChI is InChI=1S/C15H14FN3S2/c1-9-13(18-10(2)21-9)7-17-15-19-14(8-20-15)11-3-5-12(16)6-4-11/h3-6,8H,7H2,1-2H3,(H,17,19). The van der Waals surface area contributed by atoms with Crippen molar-refractivity contribution < 1.29 is 4.39 Å². The second kappa shape index (κ2) is 5.91. The zero-order valence-electron chi connectivity index (χ0n) is 11.7. The number of anilines is 1. The number of benzene rings is 1. The molecule has 21 heavy (non-hydrogen) atoms. The normalized spacial score (nSPS) is 10.8. The van der Waals surface area contributed by atoms with Crippen LogP contribution in [-0.4, -0.2) is 9.97 Å². The molecule has 2 heterocycles. The largest absolute Gasteiger partial charge is 0.356 e. The number of halogens is 1. The van der Waals surface area contributed by atoms with Crippen LogP contribution in [0, 0.1) is 19.7 Å². The van der Waals surface area contributed by atoms with Gasteiger partial charge in [-0.3, -0.25) is 0 Å². The highest BCUT2D eigenvalue weighted by Crippen LogP contribution is 2.26. The average Bonchev–Trinajstić information content (AvgIpc) is 3.04. The van der Waals surface area contributed by atoms with Crippen molar-refractivity contribution in [2.24, 2.45) is 0 Å². The zero-order valence-corrected chi connectivity index (χ0v) is 13.3. The van der Waals surface area contributed by atoms with Gasteiger partial charge < -0.3 is 5.32 Å². The van der Waals surface area contributed by atoms with Crippen LogP contribution in [0.25, 0.3) is 11.3 Å². The van der Waals surface area contributed by atoms with E-state index in [4.69, 9.17) is 0 Å². The molecule has 0 unspecified atom stereocenters. The van der Waals surface area contributed by atoms with Crippen molar-refractivity contribution in [2.45, 2.75) is 20.4 Å². The van der Waals surface area contributed by atoms with Crippen molar-refractivity contribution in [3.8, 4) is 11.3 Å². The van der Waals surface area contributed by atoms with E-state index in [-0.39, 0.29) is 5.82 Å². The van der Waals surface area contributed by atoms with Crippen LogP contribution in [0.5, 0.6) is 0 Å². The Morgan fingerprint density at radius 1 is 1.14 bits per heavy atom. The van der Waals surface area contributed by atoms with Crippen molar-refractivity contribution in [3.05, 3.63) is 51.0 Å². The fourth-order valence-electron chi connectivity index (χ4n) is 2.00. The summed E-state index contributed by atoms with van der Waals surface area (Å²) in [6.45, 7) is 4.76. The Morgan fingerprint density at radius 3 is 2.57 bits per heavy atom. The highest BCUT2D eigenvalue weighted by Gasteiger charge is 2.07. The van der Waals surface area contributed by atoms with Crippen LogP contribution in [0.4, 0.5) is 9.52 Å². The van der Waals surface area contributed by atoms with Crippen LogP contribution < -0.4 is 5.32 Å². The molecule has 0 aliphatic rings. The molecule has 6 heteroatoms. The monoisotopic (exact) mass is 319 g/mol. The van der Waals surface area contributed by atoms with Gasteiger partial charge in [-0.1, -0.05) is 0 Å². The molecule has 3 aromatic rings. The molecule has 0 bridgehead atoms. The van der Waals surface area contributed by atoms with E-state index in [1.54, 1.807) is 34.8 Å². The molecule has 3 nitrogen and oxygen atoms in total. The third-order valence-electron chi connectivity index (χ3n) is 3.05. The van der Waals surface area contributed by atoms with Crippen molar-refractivity contribution in [2.75, 3.05) is 5.32 Å². The number of hydrogen-bond donors (Lipinski definition) is 1. The minimum absolute atomic E-state index is 0.235. The van der Waals surface area contributed by atoms with Gasteiger partial charge in [0, 0.05) is 15.8 Å². The first-order valence-electron chi connectivity index (χ1n) is 6.50. The van der Waals surface area contributed by atoms with Crippen molar-refractivity contribution in [1.29, 1.82) is 0 Å².